The van der Waals surface area contributed by atoms with Gasteiger partial charge in [0.25, 0.3) is 11.8 Å². The van der Waals surface area contributed by atoms with Crippen LogP contribution in [0.25, 0.3) is 0 Å². The Morgan fingerprint density at radius 3 is 2.53 bits per heavy atom. The van der Waals surface area contributed by atoms with Crippen molar-refractivity contribution in [3.63, 3.8) is 0 Å². The van der Waals surface area contributed by atoms with Crippen LogP contribution < -0.4 is 10.2 Å². The molecule has 1 fully saturated rings. The number of amides is 1. The van der Waals surface area contributed by atoms with Gasteiger partial charge in [-0.1, -0.05) is 6.92 Å². The van der Waals surface area contributed by atoms with Crippen molar-refractivity contribution in [2.75, 3.05) is 29.6 Å². The summed E-state index contributed by atoms with van der Waals surface area (Å²) in [5, 5.41) is 1.99. The molecule has 1 aliphatic rings. The van der Waals surface area contributed by atoms with Gasteiger partial charge in [-0.2, -0.15) is 13.2 Å². The van der Waals surface area contributed by atoms with E-state index in [-0.39, 0.29) is 29.6 Å². The number of piperidine rings is 1. The molecule has 0 unspecified atom stereocenters. The summed E-state index contributed by atoms with van der Waals surface area (Å²) < 4.78 is 90.7. The molecular weight excluding hydrogens is 459 g/mol. The highest BCUT2D eigenvalue weighted by atomic mass is 32.2. The quantitative estimate of drug-likeness (QED) is 0.675. The number of alkyl halides is 5. The van der Waals surface area contributed by atoms with Gasteiger partial charge in [-0.05, 0) is 18.2 Å². The second-order valence-corrected chi connectivity index (χ2v) is 9.52. The number of nitrogens with one attached hydrogen (secondary N) is 1. The standard InChI is InChI=1S/C19H19F5N4O3S/c1-11-10-28(6-4-18(11,20)21)16-14(7-12(9-26-16)19(22,23)24)17(29)27-13-3-5-25-15(8-13)32(2,30)31/h3,5,7-9,11H,4,6,10H2,1-2H3,(H,25,27,29)/t11-/m0/s1. The fraction of sp³-hybridized carbons (Fsp3) is 0.421. The monoisotopic (exact) mass is 478 g/mol. The summed E-state index contributed by atoms with van der Waals surface area (Å²) in [6.45, 7) is 0.891. The van der Waals surface area contributed by atoms with E-state index in [1.54, 1.807) is 0 Å². The molecule has 1 aliphatic heterocycles. The Balaban J connectivity index is 1.99. The molecular formula is C19H19F5N4O3S. The van der Waals surface area contributed by atoms with Gasteiger partial charge < -0.3 is 10.2 Å². The molecule has 2 aromatic heterocycles. The number of sulfone groups is 1. The molecule has 0 saturated carbocycles. The lowest BCUT2D eigenvalue weighted by atomic mass is 9.95. The van der Waals surface area contributed by atoms with Crippen LogP contribution in [0.2, 0.25) is 0 Å². The molecule has 0 aliphatic carbocycles. The predicted octanol–water partition coefficient (Wildman–Crippen LogP) is 3.63. The summed E-state index contributed by atoms with van der Waals surface area (Å²) in [6.07, 6.45) is -2.77. The van der Waals surface area contributed by atoms with Crippen LogP contribution in [0.3, 0.4) is 0 Å². The van der Waals surface area contributed by atoms with E-state index < -0.39 is 51.3 Å². The van der Waals surface area contributed by atoms with E-state index in [0.29, 0.717) is 12.3 Å². The zero-order valence-corrected chi connectivity index (χ0v) is 17.8. The van der Waals surface area contributed by atoms with Crippen LogP contribution in [0.5, 0.6) is 0 Å². The molecule has 1 saturated heterocycles. The lowest BCUT2D eigenvalue weighted by Crippen LogP contribution is -2.46. The highest BCUT2D eigenvalue weighted by molar-refractivity contribution is 7.90. The lowest BCUT2D eigenvalue weighted by Gasteiger charge is -2.38. The number of hydrogen-bond donors (Lipinski definition) is 1. The summed E-state index contributed by atoms with van der Waals surface area (Å²) in [4.78, 5) is 21.6. The summed E-state index contributed by atoms with van der Waals surface area (Å²) in [7, 11) is -3.70. The van der Waals surface area contributed by atoms with E-state index in [0.717, 1.165) is 18.5 Å². The van der Waals surface area contributed by atoms with Crippen molar-refractivity contribution in [2.45, 2.75) is 30.5 Å². The van der Waals surface area contributed by atoms with E-state index in [2.05, 4.69) is 15.3 Å². The zero-order valence-electron chi connectivity index (χ0n) is 16.9. The minimum atomic E-state index is -4.79. The summed E-state index contributed by atoms with van der Waals surface area (Å²) >= 11 is 0. The number of aromatic nitrogens is 2. The minimum absolute atomic E-state index is 0.0210. The number of carbonyl (C=O) groups excluding carboxylic acids is 1. The van der Waals surface area contributed by atoms with E-state index in [4.69, 9.17) is 0 Å². The SMILES string of the molecule is C[C@H]1CN(c2ncc(C(F)(F)F)cc2C(=O)Nc2ccnc(S(C)(=O)=O)c2)CCC1(F)F. The van der Waals surface area contributed by atoms with E-state index in [1.165, 1.54) is 17.9 Å². The Morgan fingerprint density at radius 1 is 1.25 bits per heavy atom. The van der Waals surface area contributed by atoms with Gasteiger partial charge in [-0.25, -0.2) is 27.2 Å². The molecule has 0 radical (unpaired) electrons. The van der Waals surface area contributed by atoms with Gasteiger partial charge in [0.1, 0.15) is 5.82 Å². The first-order chi connectivity index (χ1) is 14.7. The van der Waals surface area contributed by atoms with Gasteiger partial charge in [0.05, 0.1) is 11.1 Å². The van der Waals surface area contributed by atoms with Crippen molar-refractivity contribution in [1.82, 2.24) is 9.97 Å². The first-order valence-electron chi connectivity index (χ1n) is 9.36. The Kier molecular flexibility index (Phi) is 6.15. The maximum absolute atomic E-state index is 13.9. The molecule has 3 heterocycles. The smallest absolute Gasteiger partial charge is 0.355 e. The Morgan fingerprint density at radius 2 is 1.94 bits per heavy atom. The first-order valence-corrected chi connectivity index (χ1v) is 11.2. The normalized spacial score (nSPS) is 19.0. The number of carbonyl (C=O) groups is 1. The van der Waals surface area contributed by atoms with Crippen molar-refractivity contribution >= 4 is 27.2 Å². The second-order valence-electron chi connectivity index (χ2n) is 7.56. The van der Waals surface area contributed by atoms with Crippen molar-refractivity contribution in [3.8, 4) is 0 Å². The van der Waals surface area contributed by atoms with Crippen LogP contribution in [0.1, 0.15) is 29.3 Å². The van der Waals surface area contributed by atoms with E-state index in [1.807, 2.05) is 0 Å². The highest BCUT2D eigenvalue weighted by Gasteiger charge is 2.42. The average Bonchev–Trinajstić information content (AvgIpc) is 2.68. The average molecular weight is 478 g/mol. The van der Waals surface area contributed by atoms with Crippen LogP contribution in [-0.2, 0) is 16.0 Å². The van der Waals surface area contributed by atoms with Gasteiger partial charge in [-0.3, -0.25) is 4.79 Å². The summed E-state index contributed by atoms with van der Waals surface area (Å²) in [5.74, 6) is -5.22. The number of pyridine rings is 2. The van der Waals surface area contributed by atoms with Gasteiger partial charge >= 0.3 is 6.18 Å². The second kappa shape index (κ2) is 8.26. The largest absolute Gasteiger partial charge is 0.417 e. The molecule has 1 N–H and O–H groups in total. The van der Waals surface area contributed by atoms with Crippen LogP contribution in [0, 0.1) is 5.92 Å². The molecule has 0 spiro atoms. The third-order valence-corrected chi connectivity index (χ3v) is 6.02. The molecule has 1 amide bonds. The van der Waals surface area contributed by atoms with Crippen molar-refractivity contribution in [1.29, 1.82) is 0 Å². The topological polar surface area (TPSA) is 92.3 Å². The zero-order chi connectivity index (χ0) is 23.9. The molecule has 7 nitrogen and oxygen atoms in total. The molecule has 0 bridgehead atoms. The number of nitrogens with zero attached hydrogens (tertiary/aromatic N) is 3. The Labute approximate surface area is 180 Å². The molecule has 13 heteroatoms. The molecule has 0 aromatic carbocycles. The number of halogens is 5. The van der Waals surface area contributed by atoms with Crippen molar-refractivity contribution in [3.05, 3.63) is 41.7 Å². The number of rotatable bonds is 4. The lowest BCUT2D eigenvalue weighted by molar-refractivity contribution is -0.137. The fourth-order valence-electron chi connectivity index (χ4n) is 3.20. The molecule has 3 rings (SSSR count). The van der Waals surface area contributed by atoms with E-state index >= 15 is 0 Å². The molecule has 32 heavy (non-hydrogen) atoms. The molecule has 174 valence electrons. The van der Waals surface area contributed by atoms with Crippen LogP contribution in [-0.4, -0.2) is 49.6 Å². The molecule has 2 aromatic rings. The Bertz CT molecular complexity index is 1140. The third-order valence-electron chi connectivity index (χ3n) is 5.04. The van der Waals surface area contributed by atoms with Crippen LogP contribution in [0.4, 0.5) is 33.5 Å². The minimum Gasteiger partial charge on any atom is -0.355 e. The van der Waals surface area contributed by atoms with Crippen molar-refractivity contribution < 1.29 is 35.2 Å². The van der Waals surface area contributed by atoms with Gasteiger partial charge in [0.2, 0.25) is 0 Å². The predicted molar refractivity (Wildman–Crippen MR) is 105 cm³/mol. The van der Waals surface area contributed by atoms with Crippen molar-refractivity contribution in [2.24, 2.45) is 5.92 Å². The highest BCUT2D eigenvalue weighted by Crippen LogP contribution is 2.37. The van der Waals surface area contributed by atoms with Crippen LogP contribution in [0.15, 0.2) is 35.6 Å². The van der Waals surface area contributed by atoms with Gasteiger partial charge in [-0.15, -0.1) is 0 Å². The number of hydrogen-bond acceptors (Lipinski definition) is 6. The molecule has 1 atom stereocenters. The maximum atomic E-state index is 13.9. The summed E-state index contributed by atoms with van der Waals surface area (Å²) in [5.41, 5.74) is -1.68. The first kappa shape index (κ1) is 23.8. The maximum Gasteiger partial charge on any atom is 0.417 e. The summed E-state index contributed by atoms with van der Waals surface area (Å²) in [6, 6.07) is 2.90. The van der Waals surface area contributed by atoms with Crippen LogP contribution >= 0.6 is 0 Å². The number of anilines is 2. The van der Waals surface area contributed by atoms with Gasteiger partial charge in [0, 0.05) is 49.8 Å². The third kappa shape index (κ3) is 5.14. The van der Waals surface area contributed by atoms with Gasteiger partial charge in [0.15, 0.2) is 14.9 Å². The van der Waals surface area contributed by atoms with E-state index in [9.17, 15) is 35.2 Å². The Hall–Kier alpha value is -2.83. The fourth-order valence-corrected chi connectivity index (χ4v) is 3.79.